The summed E-state index contributed by atoms with van der Waals surface area (Å²) in [5.74, 6) is -0.115. The molecule has 0 bridgehead atoms. The van der Waals surface area contributed by atoms with Gasteiger partial charge in [-0.15, -0.1) is 0 Å². The Morgan fingerprint density at radius 3 is 2.29 bits per heavy atom. The van der Waals surface area contributed by atoms with Gasteiger partial charge in [-0.05, 0) is 42.2 Å². The maximum atomic E-state index is 15.8. The van der Waals surface area contributed by atoms with Gasteiger partial charge in [0.1, 0.15) is 5.82 Å². The second kappa shape index (κ2) is 7.13. The highest BCUT2D eigenvalue weighted by Crippen LogP contribution is 2.58. The van der Waals surface area contributed by atoms with E-state index in [9.17, 15) is 0 Å². The molecule has 1 aliphatic carbocycles. The molecule has 2 aliphatic rings. The monoisotopic (exact) mass is 462 g/mol. The Kier molecular flexibility index (Phi) is 4.53. The number of pyridine rings is 1. The van der Waals surface area contributed by atoms with Crippen LogP contribution >= 0.6 is 0 Å². The molecule has 0 saturated heterocycles. The van der Waals surface area contributed by atoms with Crippen molar-refractivity contribution < 1.29 is 8.96 Å². The van der Waals surface area contributed by atoms with Gasteiger partial charge in [0, 0.05) is 22.8 Å². The normalized spacial score (nSPS) is 23.4. The Balaban J connectivity index is 1.94. The molecule has 2 atom stereocenters. The molecule has 0 saturated carbocycles. The molecule has 176 valence electrons. The molecule has 4 aromatic rings. The van der Waals surface area contributed by atoms with Gasteiger partial charge in [-0.2, -0.15) is 4.57 Å². The van der Waals surface area contributed by atoms with E-state index in [0.717, 1.165) is 29.7 Å². The molecule has 1 aromatic heterocycles. The van der Waals surface area contributed by atoms with Crippen molar-refractivity contribution in [1.82, 2.24) is 0 Å². The van der Waals surface area contributed by atoms with Gasteiger partial charge in [0.05, 0.1) is 21.9 Å². The Bertz CT molecular complexity index is 1530. The van der Waals surface area contributed by atoms with E-state index in [0.29, 0.717) is 0 Å². The summed E-state index contributed by atoms with van der Waals surface area (Å²) < 4.78 is 18.3. The van der Waals surface area contributed by atoms with E-state index in [1.807, 2.05) is 0 Å². The fourth-order valence-corrected chi connectivity index (χ4v) is 7.40. The predicted octanol–water partition coefficient (Wildman–Crippen LogP) is 8.21. The first kappa shape index (κ1) is 22.2. The topological polar surface area (TPSA) is 3.88 Å². The number of halogens is 1. The average Bonchev–Trinajstić information content (AvgIpc) is 2.87. The van der Waals surface area contributed by atoms with Crippen LogP contribution < -0.4 is 4.57 Å². The highest BCUT2D eigenvalue weighted by molar-refractivity contribution is 6.07. The number of rotatable bonds is 4. The Morgan fingerprint density at radius 2 is 1.63 bits per heavy atom. The third-order valence-corrected chi connectivity index (χ3v) is 9.43. The van der Waals surface area contributed by atoms with Crippen molar-refractivity contribution in [2.24, 2.45) is 0 Å². The van der Waals surface area contributed by atoms with E-state index in [2.05, 4.69) is 113 Å². The summed E-state index contributed by atoms with van der Waals surface area (Å²) in [6, 6.07) is 21.0. The number of hydrogen-bond donors (Lipinski definition) is 0. The molecule has 2 heterocycles. The lowest BCUT2D eigenvalue weighted by molar-refractivity contribution is -0.754. The molecule has 0 radical (unpaired) electrons. The highest BCUT2D eigenvalue weighted by atomic mass is 19.1. The molecule has 35 heavy (non-hydrogen) atoms. The molecule has 0 amide bonds. The molecular weight excluding hydrogens is 429 g/mol. The minimum atomic E-state index is -0.454. The molecule has 1 aliphatic heterocycles. The van der Waals surface area contributed by atoms with E-state index in [4.69, 9.17) is 0 Å². The average molecular weight is 463 g/mol. The molecule has 0 spiro atoms. The third kappa shape index (κ3) is 2.45. The zero-order valence-corrected chi connectivity index (χ0v) is 21.4. The number of nitrogens with zero attached hydrogens (tertiary/aromatic N) is 1. The lowest BCUT2D eigenvalue weighted by atomic mass is 9.56. The second-order valence-corrected chi connectivity index (χ2v) is 11.0. The standard InChI is InChI=1S/C33H33FN/c1-7-32(6)25-18-19-26(34)29-28(25)30-27-22(16-13-17-24(27)31(29,4)5)23(21-14-11-10-12-15-21)20-35(30)33(32,8-2)9-3/h8,10-20H,2,7,9H2,1,3-6H3/q+1. The quantitative estimate of drug-likeness (QED) is 0.212. The van der Waals surface area contributed by atoms with E-state index in [-0.39, 0.29) is 16.8 Å². The van der Waals surface area contributed by atoms with Crippen molar-refractivity contribution in [1.29, 1.82) is 0 Å². The fraction of sp³-hybridized carbons (Fsp3) is 0.303. The first-order chi connectivity index (χ1) is 16.8. The minimum absolute atomic E-state index is 0.115. The predicted molar refractivity (Wildman–Crippen MR) is 143 cm³/mol. The summed E-state index contributed by atoms with van der Waals surface area (Å²) in [5, 5.41) is 2.47. The minimum Gasteiger partial charge on any atom is -0.207 e. The number of aromatic nitrogens is 1. The number of allylic oxidation sites excluding steroid dienone is 1. The van der Waals surface area contributed by atoms with E-state index in [1.54, 1.807) is 6.07 Å². The maximum absolute atomic E-state index is 15.8. The molecule has 1 nitrogen and oxygen atoms in total. The van der Waals surface area contributed by atoms with Crippen LogP contribution in [0, 0.1) is 5.82 Å². The van der Waals surface area contributed by atoms with Crippen LogP contribution in [-0.4, -0.2) is 0 Å². The van der Waals surface area contributed by atoms with Gasteiger partial charge in [-0.25, -0.2) is 4.39 Å². The molecule has 3 aromatic carbocycles. The smallest absolute Gasteiger partial charge is 0.207 e. The van der Waals surface area contributed by atoms with Crippen LogP contribution in [-0.2, 0) is 16.4 Å². The van der Waals surface area contributed by atoms with Gasteiger partial charge in [0.15, 0.2) is 11.7 Å². The van der Waals surface area contributed by atoms with Gasteiger partial charge in [0.25, 0.3) is 0 Å². The van der Waals surface area contributed by atoms with Crippen LogP contribution in [0.25, 0.3) is 33.2 Å². The lowest BCUT2D eigenvalue weighted by Gasteiger charge is -2.49. The van der Waals surface area contributed by atoms with Crippen molar-refractivity contribution in [3.8, 4) is 22.4 Å². The zero-order valence-electron chi connectivity index (χ0n) is 21.4. The summed E-state index contributed by atoms with van der Waals surface area (Å²) >= 11 is 0. The van der Waals surface area contributed by atoms with Crippen LogP contribution in [0.1, 0.15) is 64.2 Å². The number of hydrogen-bond acceptors (Lipinski definition) is 0. The Morgan fingerprint density at radius 1 is 0.886 bits per heavy atom. The van der Waals surface area contributed by atoms with E-state index < -0.39 is 5.41 Å². The fourth-order valence-electron chi connectivity index (χ4n) is 7.40. The maximum Gasteiger partial charge on any atom is 0.222 e. The summed E-state index contributed by atoms with van der Waals surface area (Å²) in [6.45, 7) is 15.6. The van der Waals surface area contributed by atoms with Gasteiger partial charge in [-0.3, -0.25) is 0 Å². The van der Waals surface area contributed by atoms with Crippen molar-refractivity contribution in [3.05, 3.63) is 102 Å². The largest absolute Gasteiger partial charge is 0.222 e. The van der Waals surface area contributed by atoms with Gasteiger partial charge in [0.2, 0.25) is 5.69 Å². The molecule has 0 fully saturated rings. The van der Waals surface area contributed by atoms with Gasteiger partial charge in [-0.1, -0.05) is 88.9 Å². The van der Waals surface area contributed by atoms with Crippen LogP contribution in [0.2, 0.25) is 0 Å². The lowest BCUT2D eigenvalue weighted by Crippen LogP contribution is -2.68. The summed E-state index contributed by atoms with van der Waals surface area (Å²) in [6.07, 6.45) is 6.31. The summed E-state index contributed by atoms with van der Waals surface area (Å²) in [7, 11) is 0. The van der Waals surface area contributed by atoms with Crippen LogP contribution in [0.5, 0.6) is 0 Å². The Labute approximate surface area is 208 Å². The third-order valence-electron chi connectivity index (χ3n) is 9.43. The molecule has 2 heteroatoms. The van der Waals surface area contributed by atoms with Crippen LogP contribution in [0.15, 0.2) is 79.5 Å². The first-order valence-electron chi connectivity index (χ1n) is 12.8. The van der Waals surface area contributed by atoms with Crippen molar-refractivity contribution in [2.45, 2.75) is 63.8 Å². The molecular formula is C33H33FN+. The summed E-state index contributed by atoms with van der Waals surface area (Å²) in [4.78, 5) is 0. The van der Waals surface area contributed by atoms with Crippen molar-refractivity contribution in [2.75, 3.05) is 0 Å². The first-order valence-corrected chi connectivity index (χ1v) is 12.8. The molecule has 0 N–H and O–H groups in total. The number of benzene rings is 3. The van der Waals surface area contributed by atoms with E-state index in [1.165, 1.54) is 33.0 Å². The van der Waals surface area contributed by atoms with E-state index >= 15 is 4.39 Å². The zero-order chi connectivity index (χ0) is 24.8. The Hall–Kier alpha value is -3.26. The van der Waals surface area contributed by atoms with Gasteiger partial charge < -0.3 is 0 Å². The van der Waals surface area contributed by atoms with Gasteiger partial charge >= 0.3 is 0 Å². The van der Waals surface area contributed by atoms with Crippen LogP contribution in [0.4, 0.5) is 4.39 Å². The second-order valence-electron chi connectivity index (χ2n) is 11.0. The van der Waals surface area contributed by atoms with Crippen LogP contribution in [0.3, 0.4) is 0 Å². The summed E-state index contributed by atoms with van der Waals surface area (Å²) in [5.41, 5.74) is 6.87. The molecule has 6 rings (SSSR count). The van der Waals surface area contributed by atoms with Crippen molar-refractivity contribution >= 4 is 10.8 Å². The highest BCUT2D eigenvalue weighted by Gasteiger charge is 2.60. The van der Waals surface area contributed by atoms with Crippen molar-refractivity contribution in [3.63, 3.8) is 0 Å². The molecule has 2 unspecified atom stereocenters. The SMILES string of the molecule is C=CC1(CC)[n+]2cc(-c3ccccc3)c3cccc4c3c2-c2c(ccc(F)c2C4(C)C)C1(C)CC.